The number of amides is 2. The number of rotatable bonds is 3. The van der Waals surface area contributed by atoms with Gasteiger partial charge in [-0.1, -0.05) is 30.3 Å². The molecule has 4 heteroatoms. The summed E-state index contributed by atoms with van der Waals surface area (Å²) in [6.07, 6.45) is 0. The Morgan fingerprint density at radius 1 is 1.00 bits per heavy atom. The van der Waals surface area contributed by atoms with Crippen molar-refractivity contribution in [1.29, 1.82) is 0 Å². The lowest BCUT2D eigenvalue weighted by Gasteiger charge is -2.27. The van der Waals surface area contributed by atoms with Crippen LogP contribution >= 0.6 is 0 Å². The number of halogens is 1. The lowest BCUT2D eigenvalue weighted by molar-refractivity contribution is 0.242. The summed E-state index contributed by atoms with van der Waals surface area (Å²) in [6, 6.07) is 15.0. The quantitative estimate of drug-likeness (QED) is 0.874. The average molecular weight is 272 g/mol. The highest BCUT2D eigenvalue weighted by Crippen LogP contribution is 2.20. The van der Waals surface area contributed by atoms with E-state index in [1.54, 1.807) is 12.1 Å². The van der Waals surface area contributed by atoms with Crippen LogP contribution in [0.25, 0.3) is 0 Å². The standard InChI is InChI=1S/C16H17FN2O/c1-16(2,12-8-10-13(17)11-9-12)19-15(20)18-14-6-4-3-5-7-14/h3-11H,1-2H3,(H2,18,19,20). The van der Waals surface area contributed by atoms with Gasteiger partial charge in [0.25, 0.3) is 0 Å². The molecule has 0 radical (unpaired) electrons. The molecule has 0 aliphatic rings. The van der Waals surface area contributed by atoms with Crippen LogP contribution in [0.5, 0.6) is 0 Å². The molecular formula is C16H17FN2O. The maximum atomic E-state index is 12.9. The molecule has 0 heterocycles. The Morgan fingerprint density at radius 3 is 2.20 bits per heavy atom. The number of carbonyl (C=O) groups is 1. The van der Waals surface area contributed by atoms with Crippen LogP contribution in [0.1, 0.15) is 19.4 Å². The van der Waals surface area contributed by atoms with E-state index in [1.807, 2.05) is 44.2 Å². The van der Waals surface area contributed by atoms with Gasteiger partial charge >= 0.3 is 6.03 Å². The van der Waals surface area contributed by atoms with Crippen molar-refractivity contribution in [3.05, 3.63) is 66.0 Å². The molecule has 0 spiro atoms. The van der Waals surface area contributed by atoms with Gasteiger partial charge in [0.2, 0.25) is 0 Å². The molecule has 0 aromatic heterocycles. The largest absolute Gasteiger partial charge is 0.329 e. The van der Waals surface area contributed by atoms with Crippen LogP contribution in [0.15, 0.2) is 54.6 Å². The summed E-state index contributed by atoms with van der Waals surface area (Å²) in [6.45, 7) is 3.73. The predicted molar refractivity (Wildman–Crippen MR) is 78.0 cm³/mol. The summed E-state index contributed by atoms with van der Waals surface area (Å²) in [5.74, 6) is -0.293. The SMILES string of the molecule is CC(C)(NC(=O)Nc1ccccc1)c1ccc(F)cc1. The van der Waals surface area contributed by atoms with E-state index >= 15 is 0 Å². The van der Waals surface area contributed by atoms with E-state index in [1.165, 1.54) is 12.1 Å². The highest BCUT2D eigenvalue weighted by molar-refractivity contribution is 5.89. The first-order chi connectivity index (χ1) is 9.47. The van der Waals surface area contributed by atoms with Gasteiger partial charge < -0.3 is 10.6 Å². The van der Waals surface area contributed by atoms with Crippen molar-refractivity contribution in [1.82, 2.24) is 5.32 Å². The molecule has 0 saturated heterocycles. The van der Waals surface area contributed by atoms with Crippen LogP contribution in [0, 0.1) is 5.82 Å². The van der Waals surface area contributed by atoms with Crippen molar-refractivity contribution in [2.45, 2.75) is 19.4 Å². The van der Waals surface area contributed by atoms with Gasteiger partial charge in [-0.3, -0.25) is 0 Å². The number of nitrogens with one attached hydrogen (secondary N) is 2. The molecule has 0 unspecified atom stereocenters. The molecule has 2 rings (SSSR count). The van der Waals surface area contributed by atoms with Gasteiger partial charge in [-0.05, 0) is 43.7 Å². The topological polar surface area (TPSA) is 41.1 Å². The first-order valence-electron chi connectivity index (χ1n) is 6.38. The van der Waals surface area contributed by atoms with E-state index < -0.39 is 5.54 Å². The number of hydrogen-bond donors (Lipinski definition) is 2. The van der Waals surface area contributed by atoms with Crippen molar-refractivity contribution >= 4 is 11.7 Å². The Labute approximate surface area is 117 Å². The highest BCUT2D eigenvalue weighted by atomic mass is 19.1. The van der Waals surface area contributed by atoms with Gasteiger partial charge in [0.05, 0.1) is 5.54 Å². The zero-order valence-corrected chi connectivity index (χ0v) is 11.5. The third-order valence-electron chi connectivity index (χ3n) is 3.02. The van der Waals surface area contributed by atoms with Crippen molar-refractivity contribution in [2.75, 3.05) is 5.32 Å². The highest BCUT2D eigenvalue weighted by Gasteiger charge is 2.22. The Kier molecular flexibility index (Phi) is 4.03. The molecule has 0 saturated carbocycles. The van der Waals surface area contributed by atoms with E-state index in [-0.39, 0.29) is 11.8 Å². The normalized spacial score (nSPS) is 10.9. The number of anilines is 1. The monoisotopic (exact) mass is 272 g/mol. The maximum absolute atomic E-state index is 12.9. The third-order valence-corrected chi connectivity index (χ3v) is 3.02. The number of carbonyl (C=O) groups excluding carboxylic acids is 1. The molecule has 104 valence electrons. The second kappa shape index (κ2) is 5.74. The lowest BCUT2D eigenvalue weighted by atomic mass is 9.94. The van der Waals surface area contributed by atoms with Crippen LogP contribution in [-0.2, 0) is 5.54 Å². The van der Waals surface area contributed by atoms with Crippen LogP contribution in [0.3, 0.4) is 0 Å². The molecule has 2 N–H and O–H groups in total. The maximum Gasteiger partial charge on any atom is 0.319 e. The zero-order valence-electron chi connectivity index (χ0n) is 11.5. The van der Waals surface area contributed by atoms with Crippen LogP contribution < -0.4 is 10.6 Å². The van der Waals surface area contributed by atoms with Crippen LogP contribution in [-0.4, -0.2) is 6.03 Å². The van der Waals surface area contributed by atoms with Gasteiger partial charge in [0, 0.05) is 5.69 Å². The van der Waals surface area contributed by atoms with Gasteiger partial charge in [0.15, 0.2) is 0 Å². The molecule has 0 aliphatic heterocycles. The minimum atomic E-state index is -0.591. The average Bonchev–Trinajstić information content (AvgIpc) is 2.39. The van der Waals surface area contributed by atoms with Crippen LogP contribution in [0.4, 0.5) is 14.9 Å². The minimum Gasteiger partial charge on any atom is -0.329 e. The Balaban J connectivity index is 2.04. The predicted octanol–water partition coefficient (Wildman–Crippen LogP) is 3.88. The van der Waals surface area contributed by atoms with Crippen LogP contribution in [0.2, 0.25) is 0 Å². The molecule has 2 aromatic rings. The molecule has 0 fully saturated rings. The van der Waals surface area contributed by atoms with E-state index in [0.717, 1.165) is 11.3 Å². The summed E-state index contributed by atoms with van der Waals surface area (Å²) < 4.78 is 12.9. The fourth-order valence-electron chi connectivity index (χ4n) is 1.91. The number of para-hydroxylation sites is 1. The lowest BCUT2D eigenvalue weighted by Crippen LogP contribution is -2.43. The summed E-state index contributed by atoms with van der Waals surface area (Å²) >= 11 is 0. The van der Waals surface area contributed by atoms with E-state index in [4.69, 9.17) is 0 Å². The minimum absolute atomic E-state index is 0.293. The summed E-state index contributed by atoms with van der Waals surface area (Å²) in [5, 5.41) is 5.62. The number of hydrogen-bond acceptors (Lipinski definition) is 1. The third kappa shape index (κ3) is 3.57. The van der Waals surface area contributed by atoms with E-state index in [2.05, 4.69) is 10.6 Å². The van der Waals surface area contributed by atoms with Crippen molar-refractivity contribution < 1.29 is 9.18 Å². The molecular weight excluding hydrogens is 255 g/mol. The van der Waals surface area contributed by atoms with Gasteiger partial charge in [0.1, 0.15) is 5.82 Å². The molecule has 0 bridgehead atoms. The second-order valence-electron chi connectivity index (χ2n) is 5.08. The fourth-order valence-corrected chi connectivity index (χ4v) is 1.91. The van der Waals surface area contributed by atoms with E-state index in [9.17, 15) is 9.18 Å². The number of benzene rings is 2. The zero-order chi connectivity index (χ0) is 14.6. The number of urea groups is 1. The fraction of sp³-hybridized carbons (Fsp3) is 0.188. The summed E-state index contributed by atoms with van der Waals surface area (Å²) in [5.41, 5.74) is 0.967. The van der Waals surface area contributed by atoms with Crippen molar-refractivity contribution in [2.24, 2.45) is 0 Å². The molecule has 2 aromatic carbocycles. The molecule has 0 atom stereocenters. The summed E-state index contributed by atoms with van der Waals surface area (Å²) in [7, 11) is 0. The molecule has 20 heavy (non-hydrogen) atoms. The van der Waals surface area contributed by atoms with E-state index in [0.29, 0.717) is 0 Å². The Bertz CT molecular complexity index is 579. The second-order valence-corrected chi connectivity index (χ2v) is 5.08. The summed E-state index contributed by atoms with van der Waals surface area (Å²) in [4.78, 5) is 12.0. The first kappa shape index (κ1) is 14.1. The molecule has 2 amide bonds. The van der Waals surface area contributed by atoms with Gasteiger partial charge in [-0.2, -0.15) is 0 Å². The Morgan fingerprint density at radius 2 is 1.60 bits per heavy atom. The first-order valence-corrected chi connectivity index (χ1v) is 6.38. The van der Waals surface area contributed by atoms with Gasteiger partial charge in [-0.15, -0.1) is 0 Å². The molecule has 0 aliphatic carbocycles. The van der Waals surface area contributed by atoms with Crippen molar-refractivity contribution in [3.8, 4) is 0 Å². The smallest absolute Gasteiger partial charge is 0.319 e. The Hall–Kier alpha value is -2.36. The van der Waals surface area contributed by atoms with Crippen molar-refractivity contribution in [3.63, 3.8) is 0 Å². The molecule has 3 nitrogen and oxygen atoms in total. The van der Waals surface area contributed by atoms with Gasteiger partial charge in [-0.25, -0.2) is 9.18 Å².